The quantitative estimate of drug-likeness (QED) is 0.527. The Kier molecular flexibility index (Phi) is 7.66. The highest BCUT2D eigenvalue weighted by atomic mass is 16.5. The molecule has 3 aromatic rings. The van der Waals surface area contributed by atoms with Gasteiger partial charge in [-0.25, -0.2) is 4.79 Å². The summed E-state index contributed by atoms with van der Waals surface area (Å²) in [5, 5.41) is 3.00. The molecule has 0 radical (unpaired) electrons. The Hall–Kier alpha value is -3.60. The van der Waals surface area contributed by atoms with Crippen molar-refractivity contribution in [3.05, 3.63) is 88.5 Å². The molecule has 0 saturated carbocycles. The van der Waals surface area contributed by atoms with Crippen LogP contribution >= 0.6 is 0 Å². The fourth-order valence-corrected chi connectivity index (χ4v) is 3.54. The zero-order valence-corrected chi connectivity index (χ0v) is 19.0. The maximum Gasteiger partial charge on any atom is 0.337 e. The van der Waals surface area contributed by atoms with Crippen LogP contribution in [-0.2, 0) is 22.4 Å². The second-order valence-corrected chi connectivity index (χ2v) is 7.80. The summed E-state index contributed by atoms with van der Waals surface area (Å²) in [6, 6.07) is 19.3. The number of methoxy groups -OCH3 is 2. The standard InChI is InChI=1S/C27H29NO4/c1-18-5-6-21(15-19(18)2)17-26(29)28-14-13-20-7-12-24(25(16-20)31-3)22-8-10-23(11-9-22)27(30)32-4/h5-12,15-16H,13-14,17H2,1-4H3,(H,28,29). The summed E-state index contributed by atoms with van der Waals surface area (Å²) < 4.78 is 10.3. The fourth-order valence-electron chi connectivity index (χ4n) is 3.54. The van der Waals surface area contributed by atoms with E-state index >= 15 is 0 Å². The molecule has 3 aromatic carbocycles. The second kappa shape index (κ2) is 10.6. The van der Waals surface area contributed by atoms with Gasteiger partial charge in [0.2, 0.25) is 5.91 Å². The first kappa shape index (κ1) is 23.1. The van der Waals surface area contributed by atoms with Crippen molar-refractivity contribution in [2.75, 3.05) is 20.8 Å². The van der Waals surface area contributed by atoms with Gasteiger partial charge in [0.15, 0.2) is 0 Å². The first-order chi connectivity index (χ1) is 15.4. The third-order valence-corrected chi connectivity index (χ3v) is 5.55. The van der Waals surface area contributed by atoms with E-state index in [1.54, 1.807) is 19.2 Å². The van der Waals surface area contributed by atoms with Crippen molar-refractivity contribution < 1.29 is 19.1 Å². The molecule has 0 spiro atoms. The molecule has 0 aliphatic carbocycles. The maximum atomic E-state index is 12.3. The van der Waals surface area contributed by atoms with E-state index in [0.717, 1.165) is 28.0 Å². The molecule has 3 rings (SSSR count). The number of aryl methyl sites for hydroxylation is 2. The van der Waals surface area contributed by atoms with Crippen LogP contribution in [0.25, 0.3) is 11.1 Å². The maximum absolute atomic E-state index is 12.3. The van der Waals surface area contributed by atoms with E-state index in [1.807, 2.05) is 36.4 Å². The van der Waals surface area contributed by atoms with Crippen LogP contribution in [0.15, 0.2) is 60.7 Å². The lowest BCUT2D eigenvalue weighted by molar-refractivity contribution is -0.120. The van der Waals surface area contributed by atoms with Gasteiger partial charge in [-0.05, 0) is 66.3 Å². The van der Waals surface area contributed by atoms with E-state index in [9.17, 15) is 9.59 Å². The normalized spacial score (nSPS) is 10.5. The van der Waals surface area contributed by atoms with Crippen LogP contribution in [0.3, 0.4) is 0 Å². The number of hydrogen-bond donors (Lipinski definition) is 1. The van der Waals surface area contributed by atoms with Gasteiger partial charge in [-0.3, -0.25) is 4.79 Å². The number of ether oxygens (including phenoxy) is 2. The van der Waals surface area contributed by atoms with Crippen LogP contribution < -0.4 is 10.1 Å². The van der Waals surface area contributed by atoms with Crippen molar-refractivity contribution in [3.8, 4) is 16.9 Å². The monoisotopic (exact) mass is 431 g/mol. The second-order valence-electron chi connectivity index (χ2n) is 7.80. The Labute approximate surface area is 189 Å². The van der Waals surface area contributed by atoms with Crippen LogP contribution in [0.5, 0.6) is 5.75 Å². The van der Waals surface area contributed by atoms with Gasteiger partial charge in [0.1, 0.15) is 5.75 Å². The van der Waals surface area contributed by atoms with Gasteiger partial charge in [0, 0.05) is 12.1 Å². The lowest BCUT2D eigenvalue weighted by Crippen LogP contribution is -2.27. The van der Waals surface area contributed by atoms with Crippen LogP contribution in [-0.4, -0.2) is 32.6 Å². The number of carbonyl (C=O) groups is 2. The predicted molar refractivity (Wildman–Crippen MR) is 126 cm³/mol. The molecule has 0 unspecified atom stereocenters. The third-order valence-electron chi connectivity index (χ3n) is 5.55. The first-order valence-electron chi connectivity index (χ1n) is 10.6. The molecule has 0 fully saturated rings. The van der Waals surface area contributed by atoms with Crippen LogP contribution in [0.2, 0.25) is 0 Å². The van der Waals surface area contributed by atoms with Crippen molar-refractivity contribution >= 4 is 11.9 Å². The predicted octanol–water partition coefficient (Wildman–Crippen LogP) is 4.67. The van der Waals surface area contributed by atoms with Crippen molar-refractivity contribution in [1.29, 1.82) is 0 Å². The van der Waals surface area contributed by atoms with Gasteiger partial charge in [-0.15, -0.1) is 0 Å². The summed E-state index contributed by atoms with van der Waals surface area (Å²) >= 11 is 0. The fraction of sp³-hybridized carbons (Fsp3) is 0.259. The molecule has 0 aliphatic heterocycles. The third kappa shape index (κ3) is 5.76. The summed E-state index contributed by atoms with van der Waals surface area (Å²) in [4.78, 5) is 23.9. The zero-order valence-electron chi connectivity index (χ0n) is 19.0. The molecule has 166 valence electrons. The number of carbonyl (C=O) groups excluding carboxylic acids is 2. The highest BCUT2D eigenvalue weighted by Crippen LogP contribution is 2.31. The Balaban J connectivity index is 1.60. The minimum atomic E-state index is -0.363. The number of esters is 1. The zero-order chi connectivity index (χ0) is 23.1. The Bertz CT molecular complexity index is 1100. The van der Waals surface area contributed by atoms with E-state index in [2.05, 4.69) is 31.3 Å². The average Bonchev–Trinajstić information content (AvgIpc) is 2.81. The number of hydrogen-bond acceptors (Lipinski definition) is 4. The van der Waals surface area contributed by atoms with Crippen LogP contribution in [0.4, 0.5) is 0 Å². The molecule has 0 saturated heterocycles. The molecule has 1 amide bonds. The molecule has 32 heavy (non-hydrogen) atoms. The van der Waals surface area contributed by atoms with Gasteiger partial charge in [0.05, 0.1) is 26.2 Å². The van der Waals surface area contributed by atoms with Gasteiger partial charge >= 0.3 is 5.97 Å². The molecular weight excluding hydrogens is 402 g/mol. The molecule has 1 N–H and O–H groups in total. The first-order valence-corrected chi connectivity index (χ1v) is 10.6. The molecule has 0 atom stereocenters. The van der Waals surface area contributed by atoms with Crippen LogP contribution in [0.1, 0.15) is 32.6 Å². The van der Waals surface area contributed by atoms with Gasteiger partial charge < -0.3 is 14.8 Å². The number of amides is 1. The van der Waals surface area contributed by atoms with Crippen molar-refractivity contribution in [3.63, 3.8) is 0 Å². The van der Waals surface area contributed by atoms with Crippen LogP contribution in [0, 0.1) is 13.8 Å². The van der Waals surface area contributed by atoms with E-state index in [1.165, 1.54) is 18.2 Å². The largest absolute Gasteiger partial charge is 0.496 e. The average molecular weight is 432 g/mol. The number of nitrogens with one attached hydrogen (secondary N) is 1. The summed E-state index contributed by atoms with van der Waals surface area (Å²) in [6.45, 7) is 4.68. The van der Waals surface area contributed by atoms with E-state index in [-0.39, 0.29) is 11.9 Å². The molecule has 5 heteroatoms. The van der Waals surface area contributed by atoms with E-state index in [4.69, 9.17) is 9.47 Å². The molecule has 0 aromatic heterocycles. The topological polar surface area (TPSA) is 64.6 Å². The highest BCUT2D eigenvalue weighted by molar-refractivity contribution is 5.90. The number of benzene rings is 3. The summed E-state index contributed by atoms with van der Waals surface area (Å²) in [5.41, 5.74) is 6.91. The summed E-state index contributed by atoms with van der Waals surface area (Å²) in [5.74, 6) is 0.399. The Morgan fingerprint density at radius 3 is 2.22 bits per heavy atom. The van der Waals surface area contributed by atoms with E-state index < -0.39 is 0 Å². The SMILES string of the molecule is COC(=O)c1ccc(-c2ccc(CCNC(=O)Cc3ccc(C)c(C)c3)cc2OC)cc1. The molecular formula is C27H29NO4. The van der Waals surface area contributed by atoms with E-state index in [0.29, 0.717) is 24.9 Å². The summed E-state index contributed by atoms with van der Waals surface area (Å²) in [6.07, 6.45) is 1.08. The summed E-state index contributed by atoms with van der Waals surface area (Å²) in [7, 11) is 3.00. The molecule has 0 bridgehead atoms. The molecule has 0 aliphatic rings. The van der Waals surface area contributed by atoms with Gasteiger partial charge in [0.25, 0.3) is 0 Å². The van der Waals surface area contributed by atoms with Gasteiger partial charge in [-0.2, -0.15) is 0 Å². The minimum absolute atomic E-state index is 0.0162. The smallest absolute Gasteiger partial charge is 0.337 e. The Morgan fingerprint density at radius 2 is 1.56 bits per heavy atom. The lowest BCUT2D eigenvalue weighted by Gasteiger charge is -2.12. The van der Waals surface area contributed by atoms with Crippen molar-refractivity contribution in [2.45, 2.75) is 26.7 Å². The molecule has 0 heterocycles. The lowest BCUT2D eigenvalue weighted by atomic mass is 10.00. The van der Waals surface area contributed by atoms with Crippen molar-refractivity contribution in [2.24, 2.45) is 0 Å². The Morgan fingerprint density at radius 1 is 0.844 bits per heavy atom. The van der Waals surface area contributed by atoms with Gasteiger partial charge in [-0.1, -0.05) is 42.5 Å². The highest BCUT2D eigenvalue weighted by Gasteiger charge is 2.10. The number of rotatable bonds is 8. The molecule has 5 nitrogen and oxygen atoms in total. The minimum Gasteiger partial charge on any atom is -0.496 e. The van der Waals surface area contributed by atoms with Crippen molar-refractivity contribution in [1.82, 2.24) is 5.32 Å².